The van der Waals surface area contributed by atoms with Crippen molar-refractivity contribution < 1.29 is 9.53 Å². The van der Waals surface area contributed by atoms with Gasteiger partial charge in [0.15, 0.2) is 0 Å². The minimum Gasteiger partial charge on any atom is -0.368 e. The van der Waals surface area contributed by atoms with Crippen LogP contribution in [-0.2, 0) is 16.1 Å². The zero-order chi connectivity index (χ0) is 17.3. The molecule has 3 rings (SSSR count). The number of carbonyl (C=O) groups is 1. The molecule has 0 aromatic carbocycles. The summed E-state index contributed by atoms with van der Waals surface area (Å²) in [6.07, 6.45) is -0.205. The fourth-order valence-electron chi connectivity index (χ4n) is 3.03. The summed E-state index contributed by atoms with van der Waals surface area (Å²) in [6, 6.07) is 3.90. The second kappa shape index (κ2) is 6.68. The fraction of sp³-hybridized carbons (Fsp3) is 0.529. The van der Waals surface area contributed by atoms with Crippen LogP contribution >= 0.6 is 0 Å². The third-order valence-electron chi connectivity index (χ3n) is 4.12. The highest BCUT2D eigenvalue weighted by atomic mass is 16.5. The molecule has 24 heavy (non-hydrogen) atoms. The lowest BCUT2D eigenvalue weighted by atomic mass is 10.1. The maximum atomic E-state index is 12.6. The predicted octanol–water partition coefficient (Wildman–Crippen LogP) is 1.51. The van der Waals surface area contributed by atoms with Gasteiger partial charge in [-0.25, -0.2) is 9.97 Å². The number of amides is 1. The van der Waals surface area contributed by atoms with Crippen LogP contribution in [-0.4, -0.2) is 50.3 Å². The Hall–Kier alpha value is -2.28. The highest BCUT2D eigenvalue weighted by Crippen LogP contribution is 2.21. The summed E-state index contributed by atoms with van der Waals surface area (Å²) in [7, 11) is 0. The Kier molecular flexibility index (Phi) is 4.62. The molecule has 2 aromatic rings. The molecule has 1 aliphatic heterocycles. The molecule has 7 heteroatoms. The van der Waals surface area contributed by atoms with Gasteiger partial charge in [0, 0.05) is 17.9 Å². The third-order valence-corrected chi connectivity index (χ3v) is 4.12. The maximum Gasteiger partial charge on any atom is 0.244 e. The van der Waals surface area contributed by atoms with E-state index in [-0.39, 0.29) is 18.6 Å². The highest BCUT2D eigenvalue weighted by Gasteiger charge is 2.27. The van der Waals surface area contributed by atoms with Gasteiger partial charge in [0.2, 0.25) is 5.91 Å². The molecule has 0 bridgehead atoms. The zero-order valence-electron chi connectivity index (χ0n) is 14.6. The number of nitrogens with zero attached hydrogens (tertiary/aromatic N) is 5. The van der Waals surface area contributed by atoms with Gasteiger partial charge in [0.1, 0.15) is 18.5 Å². The van der Waals surface area contributed by atoms with Crippen molar-refractivity contribution in [1.29, 1.82) is 0 Å². The Bertz CT molecular complexity index is 735. The fourth-order valence-corrected chi connectivity index (χ4v) is 3.03. The number of aryl methyl sites for hydroxylation is 4. The number of aromatic nitrogens is 4. The molecule has 0 N–H and O–H groups in total. The van der Waals surface area contributed by atoms with Gasteiger partial charge in [0.25, 0.3) is 0 Å². The van der Waals surface area contributed by atoms with Gasteiger partial charge in [-0.15, -0.1) is 0 Å². The molecular formula is C17H23N5O2. The van der Waals surface area contributed by atoms with Crippen LogP contribution in [0.4, 0.5) is 0 Å². The van der Waals surface area contributed by atoms with E-state index in [0.717, 1.165) is 28.6 Å². The molecule has 1 saturated heterocycles. The van der Waals surface area contributed by atoms with Crippen molar-refractivity contribution in [3.05, 3.63) is 40.7 Å². The third kappa shape index (κ3) is 3.62. The SMILES string of the molecule is Cc1cc(C2CN(C(=O)Cn3nc(C)cc3C)CCO2)nc(C)n1. The van der Waals surface area contributed by atoms with Gasteiger partial charge in [-0.3, -0.25) is 9.48 Å². The van der Waals surface area contributed by atoms with E-state index in [4.69, 9.17) is 4.74 Å². The molecule has 1 unspecified atom stereocenters. The van der Waals surface area contributed by atoms with E-state index < -0.39 is 0 Å². The summed E-state index contributed by atoms with van der Waals surface area (Å²) >= 11 is 0. The Morgan fingerprint density at radius 3 is 2.67 bits per heavy atom. The van der Waals surface area contributed by atoms with Crippen molar-refractivity contribution in [2.75, 3.05) is 19.7 Å². The first-order chi connectivity index (χ1) is 11.4. The van der Waals surface area contributed by atoms with Crippen LogP contribution in [0.2, 0.25) is 0 Å². The van der Waals surface area contributed by atoms with E-state index in [1.165, 1.54) is 0 Å². The van der Waals surface area contributed by atoms with Gasteiger partial charge in [0.05, 0.1) is 24.5 Å². The quantitative estimate of drug-likeness (QED) is 0.853. The highest BCUT2D eigenvalue weighted by molar-refractivity contribution is 5.76. The Morgan fingerprint density at radius 2 is 2.00 bits per heavy atom. The average Bonchev–Trinajstić information content (AvgIpc) is 2.84. The second-order valence-corrected chi connectivity index (χ2v) is 6.27. The molecular weight excluding hydrogens is 306 g/mol. The van der Waals surface area contributed by atoms with Crippen LogP contribution in [0.5, 0.6) is 0 Å². The van der Waals surface area contributed by atoms with Gasteiger partial charge < -0.3 is 9.64 Å². The molecule has 3 heterocycles. The number of morpholine rings is 1. The molecule has 1 fully saturated rings. The molecule has 1 amide bonds. The van der Waals surface area contributed by atoms with E-state index in [9.17, 15) is 4.79 Å². The molecule has 0 spiro atoms. The first-order valence-corrected chi connectivity index (χ1v) is 8.15. The van der Waals surface area contributed by atoms with Crippen molar-refractivity contribution in [2.24, 2.45) is 0 Å². The Morgan fingerprint density at radius 1 is 1.21 bits per heavy atom. The zero-order valence-corrected chi connectivity index (χ0v) is 14.6. The van der Waals surface area contributed by atoms with E-state index in [0.29, 0.717) is 19.7 Å². The lowest BCUT2D eigenvalue weighted by molar-refractivity contribution is -0.140. The monoisotopic (exact) mass is 329 g/mol. The van der Waals surface area contributed by atoms with E-state index in [1.54, 1.807) is 4.68 Å². The lowest BCUT2D eigenvalue weighted by Gasteiger charge is -2.33. The number of rotatable bonds is 3. The molecule has 0 radical (unpaired) electrons. The minimum absolute atomic E-state index is 0.0528. The Labute approximate surface area is 141 Å². The summed E-state index contributed by atoms with van der Waals surface area (Å²) in [5.41, 5.74) is 3.66. The normalized spacial score (nSPS) is 18.0. The molecule has 1 atom stereocenters. The average molecular weight is 329 g/mol. The van der Waals surface area contributed by atoms with E-state index >= 15 is 0 Å². The molecule has 0 aliphatic carbocycles. The standard InChI is InChI=1S/C17H23N5O2/c1-11-8-15(19-14(4)18-11)16-9-21(5-6-24-16)17(23)10-22-13(3)7-12(2)20-22/h7-8,16H,5-6,9-10H2,1-4H3. The lowest BCUT2D eigenvalue weighted by Crippen LogP contribution is -2.44. The van der Waals surface area contributed by atoms with Crippen molar-refractivity contribution in [2.45, 2.75) is 40.3 Å². The van der Waals surface area contributed by atoms with Crippen molar-refractivity contribution in [1.82, 2.24) is 24.6 Å². The van der Waals surface area contributed by atoms with Crippen LogP contribution in [0.15, 0.2) is 12.1 Å². The number of carbonyl (C=O) groups excluding carboxylic acids is 1. The van der Waals surface area contributed by atoms with Crippen molar-refractivity contribution in [3.63, 3.8) is 0 Å². The minimum atomic E-state index is -0.205. The molecule has 1 aliphatic rings. The van der Waals surface area contributed by atoms with E-state index in [1.807, 2.05) is 44.7 Å². The summed E-state index contributed by atoms with van der Waals surface area (Å²) in [5.74, 6) is 0.775. The first kappa shape index (κ1) is 16.6. The van der Waals surface area contributed by atoms with Crippen LogP contribution in [0.3, 0.4) is 0 Å². The molecule has 128 valence electrons. The predicted molar refractivity (Wildman–Crippen MR) is 88.5 cm³/mol. The van der Waals surface area contributed by atoms with Crippen molar-refractivity contribution >= 4 is 5.91 Å². The van der Waals surface area contributed by atoms with E-state index in [2.05, 4.69) is 15.1 Å². The first-order valence-electron chi connectivity index (χ1n) is 8.15. The summed E-state index contributed by atoms with van der Waals surface area (Å²) in [4.78, 5) is 23.2. The largest absolute Gasteiger partial charge is 0.368 e. The number of hydrogen-bond acceptors (Lipinski definition) is 5. The van der Waals surface area contributed by atoms with Gasteiger partial charge in [-0.1, -0.05) is 0 Å². The smallest absolute Gasteiger partial charge is 0.244 e. The topological polar surface area (TPSA) is 73.1 Å². The van der Waals surface area contributed by atoms with Gasteiger partial charge in [-0.05, 0) is 39.8 Å². The second-order valence-electron chi connectivity index (χ2n) is 6.27. The molecule has 7 nitrogen and oxygen atoms in total. The summed E-state index contributed by atoms with van der Waals surface area (Å²) < 4.78 is 7.58. The van der Waals surface area contributed by atoms with Gasteiger partial charge >= 0.3 is 0 Å². The van der Waals surface area contributed by atoms with Crippen LogP contribution in [0.25, 0.3) is 0 Å². The van der Waals surface area contributed by atoms with Gasteiger partial charge in [-0.2, -0.15) is 5.10 Å². The number of ether oxygens (including phenoxy) is 1. The van der Waals surface area contributed by atoms with Crippen LogP contribution in [0, 0.1) is 27.7 Å². The molecule has 0 saturated carbocycles. The van der Waals surface area contributed by atoms with Crippen LogP contribution < -0.4 is 0 Å². The summed E-state index contributed by atoms with van der Waals surface area (Å²) in [5, 5.41) is 4.36. The Balaban J connectivity index is 1.70. The number of hydrogen-bond donors (Lipinski definition) is 0. The van der Waals surface area contributed by atoms with Crippen LogP contribution in [0.1, 0.15) is 34.7 Å². The van der Waals surface area contributed by atoms with Crippen molar-refractivity contribution in [3.8, 4) is 0 Å². The maximum absolute atomic E-state index is 12.6. The summed E-state index contributed by atoms with van der Waals surface area (Å²) in [6.45, 7) is 9.56. The molecule has 2 aromatic heterocycles.